The van der Waals surface area contributed by atoms with Crippen LogP contribution in [-0.4, -0.2) is 54.2 Å². The number of halogens is 2. The molecule has 36 heavy (non-hydrogen) atoms. The SMILES string of the molecule is Cc1cc(F)cc(C[C@H](NC(=O)NS(=O)(=O)N2CC[C@@H](C)C2)C(=O)N(C)c2ccc3c(c2)I=CS3)c1. The van der Waals surface area contributed by atoms with Crippen molar-refractivity contribution in [2.75, 3.05) is 25.0 Å². The Bertz CT molecular complexity index is 1300. The van der Waals surface area contributed by atoms with E-state index < -0.39 is 34.0 Å². The van der Waals surface area contributed by atoms with Crippen molar-refractivity contribution >= 4 is 63.7 Å². The molecule has 2 N–H and O–H groups in total. The Morgan fingerprint density at radius 3 is 2.75 bits per heavy atom. The summed E-state index contributed by atoms with van der Waals surface area (Å²) < 4.78 is 46.0. The number of hydrogen-bond donors (Lipinski definition) is 2. The van der Waals surface area contributed by atoms with Crippen LogP contribution in [0.1, 0.15) is 24.5 Å². The Balaban J connectivity index is 1.55. The highest BCUT2D eigenvalue weighted by Crippen LogP contribution is 2.36. The lowest BCUT2D eigenvalue weighted by atomic mass is 10.0. The lowest BCUT2D eigenvalue weighted by Crippen LogP contribution is -2.54. The zero-order valence-electron chi connectivity index (χ0n) is 20.1. The Labute approximate surface area is 224 Å². The van der Waals surface area contributed by atoms with Gasteiger partial charge in [-0.2, -0.15) is 12.7 Å². The van der Waals surface area contributed by atoms with Gasteiger partial charge in [0, 0.05) is 44.1 Å². The summed E-state index contributed by atoms with van der Waals surface area (Å²) in [5.41, 5.74) is 1.87. The van der Waals surface area contributed by atoms with Crippen molar-refractivity contribution in [2.24, 2.45) is 5.92 Å². The van der Waals surface area contributed by atoms with E-state index >= 15 is 0 Å². The van der Waals surface area contributed by atoms with Gasteiger partial charge in [-0.1, -0.05) is 45.5 Å². The summed E-state index contributed by atoms with van der Waals surface area (Å²) >= 11 is 1.46. The maximum Gasteiger partial charge on any atom is 0.330 e. The molecule has 194 valence electrons. The molecule has 1 saturated heterocycles. The number of rotatable bonds is 7. The molecule has 2 heterocycles. The second-order valence-corrected chi connectivity index (χ2v) is 14.9. The number of amides is 3. The largest absolute Gasteiger partial charge is 0.330 e. The first-order valence-electron chi connectivity index (χ1n) is 11.4. The number of anilines is 1. The Morgan fingerprint density at radius 1 is 1.28 bits per heavy atom. The van der Waals surface area contributed by atoms with Gasteiger partial charge in [-0.25, -0.2) is 13.9 Å². The molecule has 4 rings (SSSR count). The summed E-state index contributed by atoms with van der Waals surface area (Å²) in [6.45, 7) is 4.34. The second kappa shape index (κ2) is 11.2. The van der Waals surface area contributed by atoms with E-state index in [1.165, 1.54) is 29.8 Å². The van der Waals surface area contributed by atoms with Crippen LogP contribution >= 0.6 is 32.5 Å². The molecule has 8 nitrogen and oxygen atoms in total. The predicted molar refractivity (Wildman–Crippen MR) is 149 cm³/mol. The molecule has 0 aromatic heterocycles. The summed E-state index contributed by atoms with van der Waals surface area (Å²) in [5, 5.41) is 2.53. The molecule has 1 fully saturated rings. The third-order valence-electron chi connectivity index (χ3n) is 6.06. The summed E-state index contributed by atoms with van der Waals surface area (Å²) in [6.07, 6.45) is 0.712. The average molecular weight is 647 g/mol. The minimum absolute atomic E-state index is 0.00249. The number of carbonyl (C=O) groups is 2. The van der Waals surface area contributed by atoms with E-state index in [-0.39, 0.29) is 33.1 Å². The molecule has 2 aromatic carbocycles. The number of fused-ring (bicyclic) bond motifs is 1. The van der Waals surface area contributed by atoms with Crippen LogP contribution in [0.25, 0.3) is 0 Å². The zero-order chi connectivity index (χ0) is 26.0. The number of likely N-dealkylation sites (N-methyl/N-ethyl adjacent to an activating group) is 1. The van der Waals surface area contributed by atoms with Gasteiger partial charge in [0.15, 0.2) is 0 Å². The number of thioether (sulfide) groups is 1. The molecule has 0 saturated carbocycles. The Hall–Kier alpha value is -2.03. The van der Waals surface area contributed by atoms with E-state index in [0.29, 0.717) is 36.3 Å². The lowest BCUT2D eigenvalue weighted by molar-refractivity contribution is -0.120. The summed E-state index contributed by atoms with van der Waals surface area (Å²) in [5.74, 6) is -0.683. The monoisotopic (exact) mass is 646 g/mol. The first-order valence-corrected chi connectivity index (χ1v) is 16.0. The van der Waals surface area contributed by atoms with Crippen molar-refractivity contribution in [3.05, 3.63) is 56.9 Å². The highest BCUT2D eigenvalue weighted by atomic mass is 127. The van der Waals surface area contributed by atoms with E-state index in [1.54, 1.807) is 31.8 Å². The van der Waals surface area contributed by atoms with Crippen LogP contribution in [0.2, 0.25) is 0 Å². The van der Waals surface area contributed by atoms with Crippen LogP contribution in [0.15, 0.2) is 41.3 Å². The van der Waals surface area contributed by atoms with Crippen LogP contribution in [0, 0.1) is 22.2 Å². The first kappa shape index (κ1) is 27.0. The van der Waals surface area contributed by atoms with E-state index in [4.69, 9.17) is 0 Å². The quantitative estimate of drug-likeness (QED) is 0.449. The molecule has 2 aromatic rings. The Kier molecular flexibility index (Phi) is 8.37. The minimum Gasteiger partial charge on any atom is -0.325 e. The van der Waals surface area contributed by atoms with Crippen LogP contribution < -0.4 is 14.9 Å². The average Bonchev–Trinajstić information content (AvgIpc) is 3.45. The van der Waals surface area contributed by atoms with Gasteiger partial charge < -0.3 is 10.2 Å². The fraction of sp³-hybridized carbons (Fsp3) is 0.375. The number of nitrogens with one attached hydrogen (secondary N) is 2. The number of hydrogen-bond acceptors (Lipinski definition) is 5. The van der Waals surface area contributed by atoms with Crippen molar-refractivity contribution in [3.8, 4) is 0 Å². The molecule has 0 bridgehead atoms. The zero-order valence-corrected chi connectivity index (χ0v) is 23.9. The maximum absolute atomic E-state index is 14.0. The Morgan fingerprint density at radius 2 is 2.06 bits per heavy atom. The number of aryl methyl sites for hydroxylation is 1. The molecule has 2 atom stereocenters. The van der Waals surface area contributed by atoms with E-state index in [1.807, 2.05) is 29.8 Å². The van der Waals surface area contributed by atoms with Crippen LogP contribution in [0.4, 0.5) is 14.9 Å². The predicted octanol–water partition coefficient (Wildman–Crippen LogP) is 3.60. The maximum atomic E-state index is 14.0. The molecule has 2 aliphatic rings. The molecule has 2 aliphatic heterocycles. The highest BCUT2D eigenvalue weighted by Gasteiger charge is 2.32. The first-order chi connectivity index (χ1) is 17.0. The number of nitrogens with zero attached hydrogens (tertiary/aromatic N) is 2. The van der Waals surface area contributed by atoms with E-state index in [9.17, 15) is 22.4 Å². The van der Waals surface area contributed by atoms with E-state index in [0.717, 1.165) is 0 Å². The van der Waals surface area contributed by atoms with Gasteiger partial charge in [-0.15, -0.1) is 0 Å². The van der Waals surface area contributed by atoms with Crippen molar-refractivity contribution in [1.82, 2.24) is 14.3 Å². The van der Waals surface area contributed by atoms with Gasteiger partial charge in [-0.3, -0.25) is 4.79 Å². The highest BCUT2D eigenvalue weighted by molar-refractivity contribution is 14.2. The van der Waals surface area contributed by atoms with Gasteiger partial charge >= 0.3 is 16.2 Å². The van der Waals surface area contributed by atoms with Crippen LogP contribution in [0.3, 0.4) is 0 Å². The third kappa shape index (κ3) is 6.45. The van der Waals surface area contributed by atoms with Gasteiger partial charge in [0.1, 0.15) is 11.9 Å². The summed E-state index contributed by atoms with van der Waals surface area (Å²) in [7, 11) is -2.43. The van der Waals surface area contributed by atoms with Gasteiger partial charge in [0.25, 0.3) is 0 Å². The topological polar surface area (TPSA) is 98.8 Å². The molecule has 0 radical (unpaired) electrons. The van der Waals surface area contributed by atoms with E-state index in [2.05, 4.69) is 8.66 Å². The molecule has 0 spiro atoms. The van der Waals surface area contributed by atoms with Crippen molar-refractivity contribution in [2.45, 2.75) is 37.6 Å². The molecule has 0 unspecified atom stereocenters. The lowest BCUT2D eigenvalue weighted by Gasteiger charge is -2.26. The fourth-order valence-electron chi connectivity index (χ4n) is 4.21. The standard InChI is InChI=1S/C24H28FIN4O4S2/c1-15-6-7-30(13-15)36(33,34)28-24(32)27-21(11-17-8-16(2)9-18(25)10-17)23(31)29(3)19-4-5-22-20(12-19)26-14-35-22/h4-5,8-10,12,14-15,21H,6-7,11,13H2,1-3H3,(H2,27,28,32)/t15-,21+/m1/s1. The fourth-order valence-corrected chi connectivity index (χ4v) is 9.67. The summed E-state index contributed by atoms with van der Waals surface area (Å²) in [4.78, 5) is 28.9. The van der Waals surface area contributed by atoms with Gasteiger partial charge in [0.05, 0.1) is 0 Å². The normalized spacial score (nSPS) is 18.3. The van der Waals surface area contributed by atoms with Crippen molar-refractivity contribution < 1.29 is 22.4 Å². The molecular formula is C24H28FIN4O4S2. The number of carbonyl (C=O) groups excluding carboxylic acids is 2. The van der Waals surface area contributed by atoms with Crippen molar-refractivity contribution in [3.63, 3.8) is 0 Å². The molecule has 0 aliphatic carbocycles. The molecular weight excluding hydrogens is 618 g/mol. The number of urea groups is 1. The molecule has 12 heteroatoms. The van der Waals surface area contributed by atoms with Gasteiger partial charge in [0.2, 0.25) is 5.91 Å². The smallest absolute Gasteiger partial charge is 0.325 e. The van der Waals surface area contributed by atoms with Crippen LogP contribution in [0.5, 0.6) is 0 Å². The number of benzene rings is 2. The third-order valence-corrected chi connectivity index (χ3v) is 11.8. The van der Waals surface area contributed by atoms with Crippen LogP contribution in [-0.2, 0) is 21.4 Å². The minimum atomic E-state index is -4.04. The summed E-state index contributed by atoms with van der Waals surface area (Å²) in [6, 6.07) is 8.08. The second-order valence-electron chi connectivity index (χ2n) is 9.05. The van der Waals surface area contributed by atoms with Crippen molar-refractivity contribution in [1.29, 1.82) is 0 Å². The molecule has 3 amide bonds. The van der Waals surface area contributed by atoms with Gasteiger partial charge in [-0.05, 0) is 60.7 Å².